The van der Waals surface area contributed by atoms with Gasteiger partial charge < -0.3 is 30.6 Å². The Kier molecular flexibility index (Phi) is 6.22. The monoisotopic (exact) mass is 562 g/mol. The summed E-state index contributed by atoms with van der Waals surface area (Å²) >= 11 is 0. The van der Waals surface area contributed by atoms with Crippen molar-refractivity contribution in [2.45, 2.75) is 18.4 Å². The Morgan fingerprint density at radius 2 is 1.83 bits per heavy atom. The minimum absolute atomic E-state index is 0.314. The lowest BCUT2D eigenvalue weighted by atomic mass is 9.91. The van der Waals surface area contributed by atoms with Gasteiger partial charge in [0, 0.05) is 47.3 Å². The highest BCUT2D eigenvalue weighted by molar-refractivity contribution is 6.15. The molecule has 0 bridgehead atoms. The zero-order chi connectivity index (χ0) is 29.0. The summed E-state index contributed by atoms with van der Waals surface area (Å²) in [7, 11) is 2.05. The number of para-hydroxylation sites is 1. The summed E-state index contributed by atoms with van der Waals surface area (Å²) < 4.78 is 16.1. The van der Waals surface area contributed by atoms with Gasteiger partial charge in [-0.2, -0.15) is 0 Å². The molecule has 0 unspecified atom stereocenters. The summed E-state index contributed by atoms with van der Waals surface area (Å²) in [5.74, 6) is -0.202. The molecule has 4 aromatic carbocycles. The van der Waals surface area contributed by atoms with E-state index < -0.39 is 11.5 Å². The fourth-order valence-corrected chi connectivity index (χ4v) is 6.11. The van der Waals surface area contributed by atoms with E-state index in [0.717, 1.165) is 46.1 Å². The fraction of sp³-hybridized carbons (Fsp3) is 0.212. The number of amides is 1. The Labute approximate surface area is 241 Å². The number of primary amides is 1. The number of anilines is 1. The molecular weight excluding hydrogens is 531 g/mol. The van der Waals surface area contributed by atoms with Crippen LogP contribution in [-0.4, -0.2) is 62.7 Å². The van der Waals surface area contributed by atoms with Crippen molar-refractivity contribution < 1.29 is 14.3 Å². The number of nitrogens with zero attached hydrogens (tertiary/aromatic N) is 3. The van der Waals surface area contributed by atoms with Crippen LogP contribution >= 0.6 is 0 Å². The summed E-state index contributed by atoms with van der Waals surface area (Å²) in [5.41, 5.74) is 10.8. The number of nitrogens with two attached hydrogens (primary N) is 1. The second kappa shape index (κ2) is 9.97. The molecule has 7 rings (SSSR count). The Balaban J connectivity index is 1.37. The lowest BCUT2D eigenvalue weighted by molar-refractivity contribution is -0.00405. The zero-order valence-corrected chi connectivity index (χ0v) is 23.2. The molecule has 0 spiro atoms. The highest BCUT2D eigenvalue weighted by Crippen LogP contribution is 2.39. The molecule has 212 valence electrons. The smallest absolute Gasteiger partial charge is 0.250 e. The summed E-state index contributed by atoms with van der Waals surface area (Å²) in [6, 6.07) is 24.2. The van der Waals surface area contributed by atoms with Gasteiger partial charge in [0.05, 0.1) is 33.2 Å². The van der Waals surface area contributed by atoms with Crippen molar-refractivity contribution in [3.8, 4) is 17.1 Å². The first kappa shape index (κ1) is 26.2. The summed E-state index contributed by atoms with van der Waals surface area (Å²) in [6.45, 7) is 1.93. The predicted octanol–water partition coefficient (Wildman–Crippen LogP) is 5.43. The van der Waals surface area contributed by atoms with E-state index in [2.05, 4.69) is 38.0 Å². The van der Waals surface area contributed by atoms with Crippen molar-refractivity contribution in [1.29, 1.82) is 0 Å². The summed E-state index contributed by atoms with van der Waals surface area (Å²) in [5, 5.41) is 16.6. The molecule has 9 heteroatoms. The molecule has 1 amide bonds. The number of nitrogens with one attached hydrogen (secondary N) is 2. The normalized spacial score (nSPS) is 15.5. The molecule has 42 heavy (non-hydrogen) atoms. The number of hydrogen-bond donors (Lipinski definition) is 4. The number of carbonyl (C=O) groups is 1. The van der Waals surface area contributed by atoms with E-state index in [1.54, 1.807) is 12.1 Å². The molecule has 0 radical (unpaired) electrons. The average molecular weight is 563 g/mol. The van der Waals surface area contributed by atoms with Gasteiger partial charge >= 0.3 is 0 Å². The molecular formula is C33H31FN6O2. The third kappa shape index (κ3) is 4.47. The van der Waals surface area contributed by atoms with E-state index in [1.165, 1.54) is 12.1 Å². The lowest BCUT2D eigenvalue weighted by Gasteiger charge is -2.37. The fourth-order valence-electron chi connectivity index (χ4n) is 6.11. The number of aromatic amines is 1. The molecule has 1 aliphatic rings. The molecule has 1 fully saturated rings. The SMILES string of the molecule is CN1CCC(O)(CNc2cc(-n3c4ccccc4c4c(-c5nc6ccc(F)cc6[nH]5)cccc43)ccc2C(N)=O)CC1. The first-order chi connectivity index (χ1) is 20.3. The number of hydrogen-bond acceptors (Lipinski definition) is 5. The Morgan fingerprint density at radius 1 is 1.05 bits per heavy atom. The van der Waals surface area contributed by atoms with Crippen molar-refractivity contribution in [2.24, 2.45) is 5.73 Å². The van der Waals surface area contributed by atoms with Crippen LogP contribution in [0.3, 0.4) is 0 Å². The topological polar surface area (TPSA) is 112 Å². The third-order valence-electron chi connectivity index (χ3n) is 8.45. The Morgan fingerprint density at radius 3 is 2.64 bits per heavy atom. The van der Waals surface area contributed by atoms with Crippen LogP contribution in [0, 0.1) is 5.82 Å². The van der Waals surface area contributed by atoms with Gasteiger partial charge in [0.2, 0.25) is 0 Å². The molecule has 6 aromatic rings. The maximum absolute atomic E-state index is 13.9. The van der Waals surface area contributed by atoms with Gasteiger partial charge in [-0.05, 0) is 68.4 Å². The molecule has 8 nitrogen and oxygen atoms in total. The number of aliphatic hydroxyl groups is 1. The quantitative estimate of drug-likeness (QED) is 0.216. The highest BCUT2D eigenvalue weighted by atomic mass is 19.1. The van der Waals surface area contributed by atoms with Gasteiger partial charge in [-0.3, -0.25) is 4.79 Å². The first-order valence-electron chi connectivity index (χ1n) is 14.1. The predicted molar refractivity (Wildman–Crippen MR) is 165 cm³/mol. The van der Waals surface area contributed by atoms with Crippen LogP contribution in [0.4, 0.5) is 10.1 Å². The molecule has 0 aliphatic carbocycles. The van der Waals surface area contributed by atoms with Crippen LogP contribution in [0.5, 0.6) is 0 Å². The minimum Gasteiger partial charge on any atom is -0.388 e. The maximum Gasteiger partial charge on any atom is 0.250 e. The molecule has 2 aromatic heterocycles. The number of likely N-dealkylation sites (tertiary alicyclic amines) is 1. The van der Waals surface area contributed by atoms with Crippen molar-refractivity contribution in [3.63, 3.8) is 0 Å². The Bertz CT molecular complexity index is 1990. The standard InChI is InChI=1S/C33H31FN6O2/c1-39-15-13-33(42,14-16-39)19-36-26-18-21(10-11-22(26)31(35)41)40-28-7-3-2-5-23(28)30-24(6-4-8-29(30)40)32-37-25-12-9-20(34)17-27(25)38-32/h2-12,17-18,36,42H,13-16,19H2,1H3,(H2,35,41)(H,37,38). The van der Waals surface area contributed by atoms with Crippen LogP contribution in [0.1, 0.15) is 23.2 Å². The second-order valence-corrected chi connectivity index (χ2v) is 11.3. The van der Waals surface area contributed by atoms with E-state index in [9.17, 15) is 14.3 Å². The van der Waals surface area contributed by atoms with Gasteiger partial charge in [-0.15, -0.1) is 0 Å². The highest BCUT2D eigenvalue weighted by Gasteiger charge is 2.31. The molecule has 0 saturated carbocycles. The van der Waals surface area contributed by atoms with Crippen LogP contribution < -0.4 is 11.1 Å². The summed E-state index contributed by atoms with van der Waals surface area (Å²) in [6.07, 6.45) is 1.29. The van der Waals surface area contributed by atoms with E-state index in [1.807, 2.05) is 43.4 Å². The number of imidazole rings is 1. The average Bonchev–Trinajstić information content (AvgIpc) is 3.56. The van der Waals surface area contributed by atoms with Gasteiger partial charge in [0.25, 0.3) is 5.91 Å². The molecule has 1 saturated heterocycles. The largest absolute Gasteiger partial charge is 0.388 e. The molecule has 5 N–H and O–H groups in total. The number of fused-ring (bicyclic) bond motifs is 4. The van der Waals surface area contributed by atoms with E-state index in [4.69, 9.17) is 10.7 Å². The van der Waals surface area contributed by atoms with Crippen molar-refractivity contribution >= 4 is 44.4 Å². The Hall–Kier alpha value is -4.73. The van der Waals surface area contributed by atoms with Crippen molar-refractivity contribution in [3.05, 3.63) is 90.2 Å². The number of H-pyrrole nitrogens is 1. The minimum atomic E-state index is -0.866. The second-order valence-electron chi connectivity index (χ2n) is 11.3. The van der Waals surface area contributed by atoms with Crippen LogP contribution in [0.25, 0.3) is 49.9 Å². The van der Waals surface area contributed by atoms with Crippen molar-refractivity contribution in [1.82, 2.24) is 19.4 Å². The molecule has 1 aliphatic heterocycles. The zero-order valence-electron chi connectivity index (χ0n) is 23.2. The number of rotatable bonds is 6. The van der Waals surface area contributed by atoms with Crippen LogP contribution in [-0.2, 0) is 0 Å². The number of benzene rings is 4. The van der Waals surface area contributed by atoms with Gasteiger partial charge in [0.1, 0.15) is 11.6 Å². The lowest BCUT2D eigenvalue weighted by Crippen LogP contribution is -2.47. The van der Waals surface area contributed by atoms with E-state index in [0.29, 0.717) is 47.5 Å². The van der Waals surface area contributed by atoms with Gasteiger partial charge in [-0.25, -0.2) is 9.37 Å². The van der Waals surface area contributed by atoms with Gasteiger partial charge in [-0.1, -0.05) is 30.3 Å². The first-order valence-corrected chi connectivity index (χ1v) is 14.1. The number of aromatic nitrogens is 3. The summed E-state index contributed by atoms with van der Waals surface area (Å²) in [4.78, 5) is 22.6. The van der Waals surface area contributed by atoms with E-state index in [-0.39, 0.29) is 5.82 Å². The van der Waals surface area contributed by atoms with Crippen LogP contribution in [0.15, 0.2) is 78.9 Å². The third-order valence-corrected chi connectivity index (χ3v) is 8.45. The van der Waals surface area contributed by atoms with Gasteiger partial charge in [0.15, 0.2) is 0 Å². The number of piperidine rings is 1. The van der Waals surface area contributed by atoms with Crippen molar-refractivity contribution in [2.75, 3.05) is 32.0 Å². The maximum atomic E-state index is 13.9. The van der Waals surface area contributed by atoms with E-state index >= 15 is 0 Å². The molecule has 0 atom stereocenters. The number of halogens is 1. The number of carbonyl (C=O) groups excluding carboxylic acids is 1. The molecule has 3 heterocycles. The van der Waals surface area contributed by atoms with Crippen LogP contribution in [0.2, 0.25) is 0 Å².